The second kappa shape index (κ2) is 4.04. The molecule has 76 valence electrons. The summed E-state index contributed by atoms with van der Waals surface area (Å²) in [7, 11) is 0. The molecule has 0 aliphatic carbocycles. The lowest BCUT2D eigenvalue weighted by Crippen LogP contribution is -2.00. The molecule has 0 saturated carbocycles. The van der Waals surface area contributed by atoms with Crippen LogP contribution in [0.3, 0.4) is 0 Å². The van der Waals surface area contributed by atoms with E-state index in [4.69, 9.17) is 5.73 Å². The van der Waals surface area contributed by atoms with Crippen LogP contribution in [0.15, 0.2) is 16.6 Å². The standard InChI is InChI=1S/C9H8BrF2NO/c1-4(14)6-2-5(9(11)12)3-7(13)8(6)10/h2-3,9H,13H2,1H3. The topological polar surface area (TPSA) is 43.1 Å². The molecule has 0 spiro atoms. The Morgan fingerprint density at radius 1 is 1.50 bits per heavy atom. The number of hydrogen-bond acceptors (Lipinski definition) is 2. The van der Waals surface area contributed by atoms with E-state index in [1.165, 1.54) is 6.92 Å². The van der Waals surface area contributed by atoms with Gasteiger partial charge in [-0.2, -0.15) is 0 Å². The van der Waals surface area contributed by atoms with Crippen LogP contribution < -0.4 is 5.73 Å². The predicted octanol–water partition coefficient (Wildman–Crippen LogP) is 3.17. The molecule has 2 N–H and O–H groups in total. The van der Waals surface area contributed by atoms with E-state index >= 15 is 0 Å². The quantitative estimate of drug-likeness (QED) is 0.658. The van der Waals surface area contributed by atoms with Crippen molar-refractivity contribution in [1.29, 1.82) is 0 Å². The van der Waals surface area contributed by atoms with Crippen LogP contribution in [0.25, 0.3) is 0 Å². The van der Waals surface area contributed by atoms with E-state index in [1.54, 1.807) is 0 Å². The third kappa shape index (κ3) is 2.09. The van der Waals surface area contributed by atoms with Crippen molar-refractivity contribution in [1.82, 2.24) is 0 Å². The van der Waals surface area contributed by atoms with E-state index in [0.717, 1.165) is 12.1 Å². The summed E-state index contributed by atoms with van der Waals surface area (Å²) in [4.78, 5) is 11.1. The van der Waals surface area contributed by atoms with Crippen molar-refractivity contribution in [3.8, 4) is 0 Å². The van der Waals surface area contributed by atoms with Gasteiger partial charge in [0, 0.05) is 16.8 Å². The molecule has 1 aromatic rings. The van der Waals surface area contributed by atoms with Crippen LogP contribution in [0.5, 0.6) is 0 Å². The summed E-state index contributed by atoms with van der Waals surface area (Å²) in [6.07, 6.45) is -2.62. The molecule has 0 fully saturated rings. The van der Waals surface area contributed by atoms with Gasteiger partial charge < -0.3 is 5.73 Å². The largest absolute Gasteiger partial charge is 0.398 e. The minimum absolute atomic E-state index is 0.146. The normalized spacial score (nSPS) is 10.6. The van der Waals surface area contributed by atoms with Crippen molar-refractivity contribution in [2.75, 3.05) is 5.73 Å². The molecule has 0 aliphatic rings. The number of nitrogen functional groups attached to an aromatic ring is 1. The van der Waals surface area contributed by atoms with Crippen LogP contribution in [0.1, 0.15) is 29.3 Å². The van der Waals surface area contributed by atoms with E-state index < -0.39 is 6.43 Å². The van der Waals surface area contributed by atoms with Crippen molar-refractivity contribution in [2.24, 2.45) is 0 Å². The Kier molecular flexibility index (Phi) is 3.21. The smallest absolute Gasteiger partial charge is 0.263 e. The number of rotatable bonds is 2. The summed E-state index contributed by atoms with van der Waals surface area (Å²) >= 11 is 3.07. The number of ketones is 1. The monoisotopic (exact) mass is 263 g/mol. The van der Waals surface area contributed by atoms with Gasteiger partial charge in [0.05, 0.1) is 4.47 Å². The van der Waals surface area contributed by atoms with E-state index in [1.807, 2.05) is 0 Å². The maximum Gasteiger partial charge on any atom is 0.263 e. The van der Waals surface area contributed by atoms with Crippen molar-refractivity contribution in [3.05, 3.63) is 27.7 Å². The average Bonchev–Trinajstić information content (AvgIpc) is 2.08. The maximum absolute atomic E-state index is 12.3. The van der Waals surface area contributed by atoms with E-state index in [0.29, 0.717) is 4.47 Å². The molecule has 0 heterocycles. The van der Waals surface area contributed by atoms with Crippen LogP contribution in [0.2, 0.25) is 0 Å². The van der Waals surface area contributed by atoms with Gasteiger partial charge in [0.1, 0.15) is 0 Å². The van der Waals surface area contributed by atoms with Crippen molar-refractivity contribution >= 4 is 27.4 Å². The Hall–Kier alpha value is -0.970. The third-order valence-electron chi connectivity index (χ3n) is 1.75. The Labute approximate surface area is 88.2 Å². The zero-order chi connectivity index (χ0) is 10.9. The number of Topliss-reactive ketones (excluding diaryl/α,β-unsaturated/α-hetero) is 1. The molecule has 14 heavy (non-hydrogen) atoms. The summed E-state index contributed by atoms with van der Waals surface area (Å²) in [5, 5.41) is 0. The molecular formula is C9H8BrF2NO. The molecule has 0 atom stereocenters. The molecule has 0 aliphatic heterocycles. The molecule has 2 nitrogen and oxygen atoms in total. The number of benzene rings is 1. The third-order valence-corrected chi connectivity index (χ3v) is 2.64. The van der Waals surface area contributed by atoms with Gasteiger partial charge >= 0.3 is 0 Å². The summed E-state index contributed by atoms with van der Waals surface area (Å²) in [5.41, 5.74) is 5.55. The highest BCUT2D eigenvalue weighted by molar-refractivity contribution is 9.10. The summed E-state index contributed by atoms with van der Waals surface area (Å²) < 4.78 is 25.0. The highest BCUT2D eigenvalue weighted by Crippen LogP contribution is 2.30. The first-order valence-corrected chi connectivity index (χ1v) is 4.60. The molecule has 0 amide bonds. The van der Waals surface area contributed by atoms with E-state index in [2.05, 4.69) is 15.9 Å². The van der Waals surface area contributed by atoms with Crippen LogP contribution >= 0.6 is 15.9 Å². The van der Waals surface area contributed by atoms with Gasteiger partial charge in [-0.3, -0.25) is 4.79 Å². The van der Waals surface area contributed by atoms with Gasteiger partial charge in [-0.15, -0.1) is 0 Å². The van der Waals surface area contributed by atoms with E-state index in [9.17, 15) is 13.6 Å². The molecule has 1 aromatic carbocycles. The average molecular weight is 264 g/mol. The van der Waals surface area contributed by atoms with Gasteiger partial charge in [0.25, 0.3) is 6.43 Å². The Balaban J connectivity index is 3.35. The van der Waals surface area contributed by atoms with Crippen LogP contribution in [0, 0.1) is 0 Å². The summed E-state index contributed by atoms with van der Waals surface area (Å²) in [6.45, 7) is 1.30. The van der Waals surface area contributed by atoms with Crippen molar-refractivity contribution in [2.45, 2.75) is 13.3 Å². The maximum atomic E-state index is 12.3. The molecule has 0 unspecified atom stereocenters. The highest BCUT2D eigenvalue weighted by atomic mass is 79.9. The van der Waals surface area contributed by atoms with Gasteiger partial charge in [-0.25, -0.2) is 8.78 Å². The summed E-state index contributed by atoms with van der Waals surface area (Å²) in [5.74, 6) is -0.300. The fourth-order valence-corrected chi connectivity index (χ4v) is 1.56. The van der Waals surface area contributed by atoms with Crippen LogP contribution in [0.4, 0.5) is 14.5 Å². The first-order valence-electron chi connectivity index (χ1n) is 3.81. The molecule has 5 heteroatoms. The predicted molar refractivity (Wildman–Crippen MR) is 53.5 cm³/mol. The van der Waals surface area contributed by atoms with Gasteiger partial charge in [0.15, 0.2) is 5.78 Å². The molecular weight excluding hydrogens is 256 g/mol. The molecule has 0 radical (unpaired) electrons. The number of carbonyl (C=O) groups is 1. The van der Waals surface area contributed by atoms with Crippen molar-refractivity contribution in [3.63, 3.8) is 0 Å². The summed E-state index contributed by atoms with van der Waals surface area (Å²) in [6, 6.07) is 2.30. The number of carbonyl (C=O) groups excluding carboxylic acids is 1. The fraction of sp³-hybridized carbons (Fsp3) is 0.222. The SMILES string of the molecule is CC(=O)c1cc(C(F)F)cc(N)c1Br. The minimum atomic E-state index is -2.62. The number of nitrogens with two attached hydrogens (primary N) is 1. The number of alkyl halides is 2. The van der Waals surface area contributed by atoms with E-state index in [-0.39, 0.29) is 22.6 Å². The van der Waals surface area contributed by atoms with Gasteiger partial charge in [-0.1, -0.05) is 0 Å². The first-order chi connectivity index (χ1) is 6.43. The fourth-order valence-electron chi connectivity index (χ4n) is 1.05. The first kappa shape index (κ1) is 11.1. The Bertz CT molecular complexity index is 379. The lowest BCUT2D eigenvalue weighted by molar-refractivity contribution is 0.101. The Morgan fingerprint density at radius 3 is 2.50 bits per heavy atom. The molecule has 0 aromatic heterocycles. The Morgan fingerprint density at radius 2 is 2.07 bits per heavy atom. The van der Waals surface area contributed by atoms with Gasteiger partial charge in [-0.05, 0) is 35.0 Å². The second-order valence-electron chi connectivity index (χ2n) is 2.83. The van der Waals surface area contributed by atoms with Gasteiger partial charge in [0.2, 0.25) is 0 Å². The lowest BCUT2D eigenvalue weighted by Gasteiger charge is -2.07. The second-order valence-corrected chi connectivity index (χ2v) is 3.62. The number of anilines is 1. The van der Waals surface area contributed by atoms with Crippen LogP contribution in [-0.2, 0) is 0 Å². The molecule has 0 bridgehead atoms. The van der Waals surface area contributed by atoms with Crippen LogP contribution in [-0.4, -0.2) is 5.78 Å². The zero-order valence-electron chi connectivity index (χ0n) is 7.35. The molecule has 0 saturated heterocycles. The van der Waals surface area contributed by atoms with Crippen molar-refractivity contribution < 1.29 is 13.6 Å². The number of hydrogen-bond donors (Lipinski definition) is 1. The highest BCUT2D eigenvalue weighted by Gasteiger charge is 2.15. The lowest BCUT2D eigenvalue weighted by atomic mass is 10.1. The minimum Gasteiger partial charge on any atom is -0.398 e. The molecule has 1 rings (SSSR count). The zero-order valence-corrected chi connectivity index (χ0v) is 8.94. The number of halogens is 3.